The van der Waals surface area contributed by atoms with Crippen LogP contribution in [0, 0.1) is 5.92 Å². The molecule has 6 nitrogen and oxygen atoms in total. The highest BCUT2D eigenvalue weighted by atomic mass is 35.5. The van der Waals surface area contributed by atoms with Crippen LogP contribution in [-0.4, -0.2) is 32.1 Å². The molecule has 2 heterocycles. The number of nitrogens with zero attached hydrogens (tertiary/aromatic N) is 3. The smallest absolute Gasteiger partial charge is 0.181 e. The fourth-order valence-electron chi connectivity index (χ4n) is 3.99. The topological polar surface area (TPSA) is 81.9 Å². The standard InChI is InChI=1S/C23H18Cl3N3O3/c24-14-11-28-29(12-14)15-9-16(25)21(17(26)10-15)22-20(31)8-13(23(22)32)4-3-6-19(30)18-5-1-2-7-27-18/h1-2,5,7,9-13,22H,3-4,6,8H2. The van der Waals surface area contributed by atoms with Gasteiger partial charge in [-0.15, -0.1) is 0 Å². The Labute approximate surface area is 199 Å². The first-order valence-corrected chi connectivity index (χ1v) is 11.2. The number of Topliss-reactive ketones (excluding diaryl/α,β-unsaturated/α-hetero) is 3. The molecule has 0 aliphatic heterocycles. The molecule has 2 aromatic heterocycles. The summed E-state index contributed by atoms with van der Waals surface area (Å²) < 4.78 is 1.50. The maximum Gasteiger partial charge on any atom is 0.181 e. The van der Waals surface area contributed by atoms with Crippen molar-refractivity contribution in [3.63, 3.8) is 0 Å². The first-order chi connectivity index (χ1) is 15.3. The zero-order valence-corrected chi connectivity index (χ0v) is 19.1. The lowest BCUT2D eigenvalue weighted by Crippen LogP contribution is -2.17. The van der Waals surface area contributed by atoms with Crippen LogP contribution in [0.2, 0.25) is 15.1 Å². The molecule has 0 bridgehead atoms. The van der Waals surface area contributed by atoms with E-state index in [1.807, 2.05) is 0 Å². The van der Waals surface area contributed by atoms with Crippen LogP contribution in [0.5, 0.6) is 0 Å². The number of halogens is 3. The van der Waals surface area contributed by atoms with E-state index in [9.17, 15) is 14.4 Å². The zero-order chi connectivity index (χ0) is 22.8. The van der Waals surface area contributed by atoms with Crippen LogP contribution in [0.15, 0.2) is 48.9 Å². The van der Waals surface area contributed by atoms with Gasteiger partial charge in [0.25, 0.3) is 0 Å². The molecule has 9 heteroatoms. The van der Waals surface area contributed by atoms with E-state index in [4.69, 9.17) is 34.8 Å². The third kappa shape index (κ3) is 4.63. The SMILES string of the molecule is O=C(CCCC1CC(=O)C(c2c(Cl)cc(-n3cc(Cl)cn3)cc2Cl)C1=O)c1ccccn1. The molecule has 1 fully saturated rings. The van der Waals surface area contributed by atoms with Crippen LogP contribution in [-0.2, 0) is 9.59 Å². The summed E-state index contributed by atoms with van der Waals surface area (Å²) in [6, 6.07) is 8.36. The van der Waals surface area contributed by atoms with Crippen LogP contribution in [0.4, 0.5) is 0 Å². The average molecular weight is 491 g/mol. The Hall–Kier alpha value is -2.54. The second kappa shape index (κ2) is 9.53. The van der Waals surface area contributed by atoms with E-state index >= 15 is 0 Å². The van der Waals surface area contributed by atoms with E-state index in [0.717, 1.165) is 0 Å². The maximum absolute atomic E-state index is 13.1. The molecule has 32 heavy (non-hydrogen) atoms. The van der Waals surface area contributed by atoms with E-state index in [-0.39, 0.29) is 40.2 Å². The van der Waals surface area contributed by atoms with Crippen molar-refractivity contribution in [1.29, 1.82) is 0 Å². The van der Waals surface area contributed by atoms with Crippen LogP contribution in [0.3, 0.4) is 0 Å². The number of benzene rings is 1. The van der Waals surface area contributed by atoms with Gasteiger partial charge in [-0.3, -0.25) is 19.4 Å². The van der Waals surface area contributed by atoms with Crippen LogP contribution in [0.25, 0.3) is 5.69 Å². The number of pyridine rings is 1. The molecule has 0 N–H and O–H groups in total. The number of hydrogen-bond acceptors (Lipinski definition) is 5. The lowest BCUT2D eigenvalue weighted by molar-refractivity contribution is -0.124. The van der Waals surface area contributed by atoms with E-state index in [2.05, 4.69) is 10.1 Å². The third-order valence-electron chi connectivity index (χ3n) is 5.53. The molecule has 1 aliphatic carbocycles. The van der Waals surface area contributed by atoms with E-state index in [0.29, 0.717) is 34.8 Å². The summed E-state index contributed by atoms with van der Waals surface area (Å²) in [4.78, 5) is 42.1. The Bertz CT molecular complexity index is 1170. The van der Waals surface area contributed by atoms with E-state index in [1.54, 1.807) is 42.7 Å². The molecule has 0 saturated heterocycles. The molecule has 2 atom stereocenters. The molecular formula is C23H18Cl3N3O3. The first kappa shape index (κ1) is 22.6. The van der Waals surface area contributed by atoms with Gasteiger partial charge < -0.3 is 0 Å². The maximum atomic E-state index is 13.1. The molecular weight excluding hydrogens is 473 g/mol. The Morgan fingerprint density at radius 3 is 2.50 bits per heavy atom. The van der Waals surface area contributed by atoms with E-state index in [1.165, 1.54) is 10.9 Å². The minimum Gasteiger partial charge on any atom is -0.298 e. The molecule has 0 radical (unpaired) electrons. The lowest BCUT2D eigenvalue weighted by Gasteiger charge is -2.15. The number of hydrogen-bond donors (Lipinski definition) is 0. The molecule has 164 valence electrons. The van der Waals surface area contributed by atoms with Gasteiger partial charge >= 0.3 is 0 Å². The first-order valence-electron chi connectivity index (χ1n) is 10.1. The van der Waals surface area contributed by atoms with Gasteiger partial charge in [-0.05, 0) is 37.1 Å². The summed E-state index contributed by atoms with van der Waals surface area (Å²) in [6.07, 6.45) is 5.95. The average Bonchev–Trinajstić information content (AvgIpc) is 3.32. The van der Waals surface area contributed by atoms with Crippen LogP contribution >= 0.6 is 34.8 Å². The van der Waals surface area contributed by atoms with Gasteiger partial charge in [-0.1, -0.05) is 40.9 Å². The van der Waals surface area contributed by atoms with Crippen molar-refractivity contribution >= 4 is 52.2 Å². The van der Waals surface area contributed by atoms with Crippen molar-refractivity contribution in [1.82, 2.24) is 14.8 Å². The zero-order valence-electron chi connectivity index (χ0n) is 16.8. The number of carbonyl (C=O) groups is 3. The predicted molar refractivity (Wildman–Crippen MR) is 122 cm³/mol. The van der Waals surface area contributed by atoms with Crippen molar-refractivity contribution in [2.45, 2.75) is 31.6 Å². The van der Waals surface area contributed by atoms with Gasteiger partial charge in [0.15, 0.2) is 11.6 Å². The number of rotatable bonds is 7. The highest BCUT2D eigenvalue weighted by Gasteiger charge is 2.43. The molecule has 4 rings (SSSR count). The highest BCUT2D eigenvalue weighted by Crippen LogP contribution is 2.42. The number of carbonyl (C=O) groups excluding carboxylic acids is 3. The van der Waals surface area contributed by atoms with Crippen molar-refractivity contribution in [2.75, 3.05) is 0 Å². The minimum atomic E-state index is -0.998. The summed E-state index contributed by atoms with van der Waals surface area (Å²) in [5, 5.41) is 5.00. The number of aromatic nitrogens is 3. The summed E-state index contributed by atoms with van der Waals surface area (Å²) in [5.74, 6) is -1.96. The van der Waals surface area contributed by atoms with Crippen molar-refractivity contribution in [2.24, 2.45) is 5.92 Å². The van der Waals surface area contributed by atoms with Crippen molar-refractivity contribution in [3.05, 3.63) is 75.2 Å². The molecule has 1 saturated carbocycles. The highest BCUT2D eigenvalue weighted by molar-refractivity contribution is 6.38. The van der Waals surface area contributed by atoms with E-state index < -0.39 is 11.8 Å². The molecule has 1 aromatic carbocycles. The monoisotopic (exact) mass is 489 g/mol. The van der Waals surface area contributed by atoms with Crippen molar-refractivity contribution in [3.8, 4) is 5.69 Å². The lowest BCUT2D eigenvalue weighted by atomic mass is 9.92. The second-order valence-corrected chi connectivity index (χ2v) is 8.91. The summed E-state index contributed by atoms with van der Waals surface area (Å²) in [7, 11) is 0. The summed E-state index contributed by atoms with van der Waals surface area (Å²) in [5.41, 5.74) is 1.28. The number of ketones is 3. The van der Waals surface area contributed by atoms with Crippen molar-refractivity contribution < 1.29 is 14.4 Å². The van der Waals surface area contributed by atoms with Gasteiger partial charge in [0.2, 0.25) is 0 Å². The van der Waals surface area contributed by atoms with Gasteiger partial charge in [0.05, 0.1) is 16.9 Å². The minimum absolute atomic E-state index is 0.0840. The Balaban J connectivity index is 1.46. The molecule has 1 aliphatic rings. The van der Waals surface area contributed by atoms with Crippen LogP contribution in [0.1, 0.15) is 47.7 Å². The molecule has 0 spiro atoms. The van der Waals surface area contributed by atoms with Gasteiger partial charge in [-0.25, -0.2) is 4.68 Å². The fourth-order valence-corrected chi connectivity index (χ4v) is 4.82. The largest absolute Gasteiger partial charge is 0.298 e. The Morgan fingerprint density at radius 2 is 1.88 bits per heavy atom. The summed E-state index contributed by atoms with van der Waals surface area (Å²) >= 11 is 18.8. The summed E-state index contributed by atoms with van der Waals surface area (Å²) in [6.45, 7) is 0. The fraction of sp³-hybridized carbons (Fsp3) is 0.261. The van der Waals surface area contributed by atoms with Gasteiger partial charge in [-0.2, -0.15) is 5.10 Å². The normalized spacial score (nSPS) is 18.3. The molecule has 0 amide bonds. The van der Waals surface area contributed by atoms with Gasteiger partial charge in [0.1, 0.15) is 17.4 Å². The van der Waals surface area contributed by atoms with Crippen LogP contribution < -0.4 is 0 Å². The van der Waals surface area contributed by atoms with Gasteiger partial charge in [0, 0.05) is 46.8 Å². The second-order valence-electron chi connectivity index (χ2n) is 7.66. The predicted octanol–water partition coefficient (Wildman–Crippen LogP) is 5.52. The third-order valence-corrected chi connectivity index (χ3v) is 6.35. The molecule has 2 unspecified atom stereocenters. The quantitative estimate of drug-likeness (QED) is 0.322. The Kier molecular flexibility index (Phi) is 6.74. The molecule has 3 aromatic rings. The Morgan fingerprint density at radius 1 is 1.12 bits per heavy atom.